The van der Waals surface area contributed by atoms with Crippen molar-refractivity contribution in [1.29, 1.82) is 0 Å². The Hall–Kier alpha value is -2.82. The summed E-state index contributed by atoms with van der Waals surface area (Å²) in [6, 6.07) is 14.4. The van der Waals surface area contributed by atoms with E-state index in [1.165, 1.54) is 12.3 Å². The zero-order valence-corrected chi connectivity index (χ0v) is 13.6. The Morgan fingerprint density at radius 2 is 2.00 bits per heavy atom. The summed E-state index contributed by atoms with van der Waals surface area (Å²) < 4.78 is 10.6. The van der Waals surface area contributed by atoms with Crippen LogP contribution in [0, 0.1) is 0 Å². The quantitative estimate of drug-likeness (QED) is 0.596. The molecule has 0 amide bonds. The van der Waals surface area contributed by atoms with Crippen LogP contribution in [0.15, 0.2) is 53.5 Å². The van der Waals surface area contributed by atoms with Crippen molar-refractivity contribution < 1.29 is 19.4 Å². The van der Waals surface area contributed by atoms with E-state index in [0.29, 0.717) is 17.9 Å². The average Bonchev–Trinajstić information content (AvgIpc) is 2.60. The van der Waals surface area contributed by atoms with Crippen LogP contribution in [0.1, 0.15) is 24.5 Å². The lowest BCUT2D eigenvalue weighted by Crippen LogP contribution is -2.08. The van der Waals surface area contributed by atoms with E-state index < -0.39 is 5.97 Å². The largest absolute Gasteiger partial charge is 0.507 e. The molecule has 0 heterocycles. The van der Waals surface area contributed by atoms with Crippen molar-refractivity contribution in [2.75, 3.05) is 13.2 Å². The van der Waals surface area contributed by atoms with Gasteiger partial charge >= 0.3 is 5.97 Å². The van der Waals surface area contributed by atoms with E-state index >= 15 is 0 Å². The topological polar surface area (TPSA) is 68.1 Å². The second-order valence-corrected chi connectivity index (χ2v) is 5.19. The van der Waals surface area contributed by atoms with E-state index in [1.54, 1.807) is 12.1 Å². The van der Waals surface area contributed by atoms with Crippen LogP contribution < -0.4 is 4.74 Å². The molecule has 0 aromatic heterocycles. The molecule has 0 fully saturated rings. The van der Waals surface area contributed by atoms with Crippen LogP contribution in [-0.2, 0) is 16.1 Å². The molecule has 0 aliphatic heterocycles. The van der Waals surface area contributed by atoms with Crippen LogP contribution in [0.4, 0.5) is 0 Å². The summed E-state index contributed by atoms with van der Waals surface area (Å²) in [4.78, 5) is 15.7. The predicted octanol–water partition coefficient (Wildman–Crippen LogP) is 3.34. The number of rotatable bonds is 8. The number of carbonyl (C=O) groups excluding carboxylic acids is 1. The molecule has 24 heavy (non-hydrogen) atoms. The Bertz CT molecular complexity index is 683. The first-order valence-electron chi connectivity index (χ1n) is 7.84. The van der Waals surface area contributed by atoms with Crippen LogP contribution >= 0.6 is 0 Å². The summed E-state index contributed by atoms with van der Waals surface area (Å²) in [6.07, 6.45) is 2.35. The van der Waals surface area contributed by atoms with Crippen LogP contribution in [-0.4, -0.2) is 30.4 Å². The van der Waals surface area contributed by atoms with Gasteiger partial charge in [0, 0.05) is 17.8 Å². The fourth-order valence-electron chi connectivity index (χ4n) is 1.94. The van der Waals surface area contributed by atoms with Crippen molar-refractivity contribution in [1.82, 2.24) is 0 Å². The highest BCUT2D eigenvalue weighted by Gasteiger charge is 2.04. The Kier molecular flexibility index (Phi) is 6.83. The van der Waals surface area contributed by atoms with E-state index in [2.05, 4.69) is 4.99 Å². The highest BCUT2D eigenvalue weighted by Crippen LogP contribution is 2.22. The summed E-state index contributed by atoms with van der Waals surface area (Å²) in [6.45, 7) is 2.74. The van der Waals surface area contributed by atoms with Gasteiger partial charge in [-0.3, -0.25) is 9.79 Å². The van der Waals surface area contributed by atoms with Gasteiger partial charge in [-0.15, -0.1) is 0 Å². The number of ether oxygens (including phenoxy) is 2. The number of aliphatic imine (C=N–C) groups is 1. The van der Waals surface area contributed by atoms with Crippen molar-refractivity contribution in [3.05, 3.63) is 59.7 Å². The molecule has 0 saturated carbocycles. The Labute approximate surface area is 141 Å². The number of esters is 1. The van der Waals surface area contributed by atoms with Gasteiger partial charge in [-0.25, -0.2) is 0 Å². The molecule has 1 N–H and O–H groups in total. The Balaban J connectivity index is 1.81. The van der Waals surface area contributed by atoms with E-state index in [9.17, 15) is 9.90 Å². The molecule has 0 atom stereocenters. The van der Waals surface area contributed by atoms with Gasteiger partial charge in [0.15, 0.2) is 0 Å². The summed E-state index contributed by atoms with van der Waals surface area (Å²) >= 11 is 0. The highest BCUT2D eigenvalue weighted by atomic mass is 16.5. The number of phenolic OH excluding ortho intramolecular Hbond substituents is 1. The van der Waals surface area contributed by atoms with Gasteiger partial charge < -0.3 is 14.6 Å². The fraction of sp³-hybridized carbons (Fsp3) is 0.263. The van der Waals surface area contributed by atoms with Crippen LogP contribution in [0.2, 0.25) is 0 Å². The first-order valence-corrected chi connectivity index (χ1v) is 7.84. The molecular weight excluding hydrogens is 306 g/mol. The van der Waals surface area contributed by atoms with Crippen molar-refractivity contribution in [2.24, 2.45) is 4.99 Å². The molecule has 0 spiro atoms. The van der Waals surface area contributed by atoms with Crippen LogP contribution in [0.3, 0.4) is 0 Å². The normalized spacial score (nSPS) is 10.7. The summed E-state index contributed by atoms with van der Waals surface area (Å²) in [5.74, 6) is 0.247. The number of hydrogen-bond acceptors (Lipinski definition) is 5. The van der Waals surface area contributed by atoms with Gasteiger partial charge in [-0.2, -0.15) is 0 Å². The third-order valence-electron chi connectivity index (χ3n) is 3.17. The minimum Gasteiger partial charge on any atom is -0.507 e. The number of nitrogens with zero attached hydrogens (tertiary/aromatic N) is 1. The fourth-order valence-corrected chi connectivity index (χ4v) is 1.94. The lowest BCUT2D eigenvalue weighted by Gasteiger charge is -2.06. The second-order valence-electron chi connectivity index (χ2n) is 5.19. The molecule has 0 saturated heterocycles. The molecule has 126 valence electrons. The Morgan fingerprint density at radius 3 is 2.71 bits per heavy atom. The molecule has 5 nitrogen and oxygen atoms in total. The standard InChI is InChI=1S/C19H21NO4/c1-2-10-23-17-9-8-16(18(21)11-17)12-20-13-19(22)24-14-15-6-4-3-5-7-15/h3-9,11-12,21H,2,10,13-14H2,1H3. The second kappa shape index (κ2) is 9.35. The van der Waals surface area contributed by atoms with Gasteiger partial charge in [-0.05, 0) is 24.1 Å². The highest BCUT2D eigenvalue weighted by molar-refractivity contribution is 5.85. The van der Waals surface area contributed by atoms with E-state index in [0.717, 1.165) is 12.0 Å². The third-order valence-corrected chi connectivity index (χ3v) is 3.17. The smallest absolute Gasteiger partial charge is 0.328 e. The van der Waals surface area contributed by atoms with Crippen molar-refractivity contribution in [2.45, 2.75) is 20.0 Å². The number of hydrogen-bond donors (Lipinski definition) is 1. The van der Waals surface area contributed by atoms with Crippen molar-refractivity contribution >= 4 is 12.2 Å². The summed E-state index contributed by atoms with van der Waals surface area (Å²) in [5, 5.41) is 9.92. The van der Waals surface area contributed by atoms with Gasteiger partial charge in [0.05, 0.1) is 6.61 Å². The molecule has 2 aromatic rings. The van der Waals surface area contributed by atoms with E-state index in [4.69, 9.17) is 9.47 Å². The third kappa shape index (κ3) is 5.76. The number of phenols is 1. The average molecular weight is 327 g/mol. The molecule has 2 aromatic carbocycles. The SMILES string of the molecule is CCCOc1ccc(C=NCC(=O)OCc2ccccc2)c(O)c1. The van der Waals surface area contributed by atoms with Crippen molar-refractivity contribution in [3.8, 4) is 11.5 Å². The molecular formula is C19H21NO4. The zero-order valence-electron chi connectivity index (χ0n) is 13.6. The van der Waals surface area contributed by atoms with E-state index in [1.807, 2.05) is 37.3 Å². The maximum atomic E-state index is 11.6. The number of carbonyl (C=O) groups is 1. The minimum atomic E-state index is -0.419. The van der Waals surface area contributed by atoms with Gasteiger partial charge in [-0.1, -0.05) is 37.3 Å². The molecule has 0 aliphatic rings. The minimum absolute atomic E-state index is 0.0602. The number of aromatic hydroxyl groups is 1. The molecule has 5 heteroatoms. The summed E-state index contributed by atoms with van der Waals surface area (Å²) in [5.41, 5.74) is 1.45. The first kappa shape index (κ1) is 17.5. The lowest BCUT2D eigenvalue weighted by molar-refractivity contribution is -0.143. The van der Waals surface area contributed by atoms with Crippen molar-refractivity contribution in [3.63, 3.8) is 0 Å². The van der Waals surface area contributed by atoms with Crippen LogP contribution in [0.5, 0.6) is 11.5 Å². The molecule has 0 aliphatic carbocycles. The predicted molar refractivity (Wildman–Crippen MR) is 92.6 cm³/mol. The summed E-state index contributed by atoms with van der Waals surface area (Å²) in [7, 11) is 0. The maximum absolute atomic E-state index is 11.6. The first-order chi connectivity index (χ1) is 11.7. The van der Waals surface area contributed by atoms with Crippen LogP contribution in [0.25, 0.3) is 0 Å². The lowest BCUT2D eigenvalue weighted by atomic mass is 10.2. The van der Waals surface area contributed by atoms with Gasteiger partial charge in [0.1, 0.15) is 24.7 Å². The Morgan fingerprint density at radius 1 is 1.21 bits per heavy atom. The van der Waals surface area contributed by atoms with E-state index in [-0.39, 0.29) is 18.9 Å². The molecule has 0 unspecified atom stereocenters. The zero-order chi connectivity index (χ0) is 17.2. The maximum Gasteiger partial charge on any atom is 0.328 e. The molecule has 0 radical (unpaired) electrons. The monoisotopic (exact) mass is 327 g/mol. The molecule has 2 rings (SSSR count). The van der Waals surface area contributed by atoms with Gasteiger partial charge in [0.25, 0.3) is 0 Å². The molecule has 0 bridgehead atoms. The van der Waals surface area contributed by atoms with Gasteiger partial charge in [0.2, 0.25) is 0 Å². The number of benzene rings is 2.